The van der Waals surface area contributed by atoms with Crippen molar-refractivity contribution in [2.24, 2.45) is 0 Å². The van der Waals surface area contributed by atoms with Gasteiger partial charge in [0.2, 0.25) is 0 Å². The molecular formula is C57H48FN4OPt-. The van der Waals surface area contributed by atoms with E-state index in [1.807, 2.05) is 18.2 Å². The Kier molecular flexibility index (Phi) is 9.49. The van der Waals surface area contributed by atoms with E-state index in [-0.39, 0.29) is 43.5 Å². The molecule has 64 heavy (non-hydrogen) atoms. The van der Waals surface area contributed by atoms with Crippen LogP contribution in [0.3, 0.4) is 0 Å². The maximum absolute atomic E-state index is 15.7. The summed E-state index contributed by atoms with van der Waals surface area (Å²) >= 11 is 0. The first-order chi connectivity index (χ1) is 30.1. The van der Waals surface area contributed by atoms with Crippen molar-refractivity contribution >= 4 is 60.0 Å². The molecule has 11 aromatic rings. The first-order valence-electron chi connectivity index (χ1n) is 21.8. The Morgan fingerprint density at radius 3 is 2.11 bits per heavy atom. The van der Waals surface area contributed by atoms with Gasteiger partial charge in [-0.3, -0.25) is 9.55 Å². The Labute approximate surface area is 386 Å². The number of fused-ring (bicyclic) bond motifs is 7. The molecule has 0 atom stereocenters. The summed E-state index contributed by atoms with van der Waals surface area (Å²) in [5.41, 5.74) is 15.7. The van der Waals surface area contributed by atoms with Crippen LogP contribution in [0.4, 0.5) is 4.39 Å². The summed E-state index contributed by atoms with van der Waals surface area (Å²) in [6, 6.07) is 44.0. The predicted molar refractivity (Wildman–Crippen MR) is 259 cm³/mol. The Hall–Kier alpha value is -6.36. The third-order valence-corrected chi connectivity index (χ3v) is 13.1. The Balaban J connectivity index is 0.00000484. The van der Waals surface area contributed by atoms with Crippen LogP contribution in [0.25, 0.3) is 99.4 Å². The van der Waals surface area contributed by atoms with Crippen LogP contribution >= 0.6 is 0 Å². The molecule has 0 aliphatic heterocycles. The molecule has 0 unspecified atom stereocenters. The normalized spacial score (nSPS) is 12.5. The fourth-order valence-corrected chi connectivity index (χ4v) is 10.1. The third-order valence-electron chi connectivity index (χ3n) is 13.1. The summed E-state index contributed by atoms with van der Waals surface area (Å²) in [7, 11) is 0. The predicted octanol–water partition coefficient (Wildman–Crippen LogP) is 14.9. The molecule has 0 aliphatic carbocycles. The van der Waals surface area contributed by atoms with E-state index in [1.54, 1.807) is 0 Å². The zero-order valence-electron chi connectivity index (χ0n) is 37.5. The van der Waals surface area contributed by atoms with Crippen LogP contribution in [-0.2, 0) is 31.9 Å². The second kappa shape index (κ2) is 14.6. The number of rotatable bonds is 4. The minimum Gasteiger partial charge on any atom is -0.507 e. The van der Waals surface area contributed by atoms with E-state index in [2.05, 4.69) is 174 Å². The number of phenols is 1. The number of halogens is 1. The van der Waals surface area contributed by atoms with Crippen LogP contribution in [0.5, 0.6) is 5.75 Å². The van der Waals surface area contributed by atoms with E-state index in [4.69, 9.17) is 9.97 Å². The number of imidazole rings is 1. The Morgan fingerprint density at radius 2 is 1.36 bits per heavy atom. The number of aromatic nitrogens is 4. The molecule has 0 saturated carbocycles. The van der Waals surface area contributed by atoms with Crippen LogP contribution in [0, 0.1) is 32.7 Å². The topological polar surface area (TPSA) is 55.3 Å². The summed E-state index contributed by atoms with van der Waals surface area (Å²) in [6.45, 7) is 19.5. The molecule has 0 aliphatic rings. The van der Waals surface area contributed by atoms with Gasteiger partial charge in [0.1, 0.15) is 17.4 Å². The number of hydrogen-bond acceptors (Lipinski definition) is 3. The second-order valence-electron chi connectivity index (χ2n) is 19.5. The quantitative estimate of drug-likeness (QED) is 0.109. The van der Waals surface area contributed by atoms with Crippen molar-refractivity contribution in [1.82, 2.24) is 18.9 Å². The molecule has 11 rings (SSSR count). The summed E-state index contributed by atoms with van der Waals surface area (Å²) < 4.78 is 20.2. The Bertz CT molecular complexity index is 3700. The molecule has 0 saturated heterocycles. The van der Waals surface area contributed by atoms with Crippen molar-refractivity contribution < 1.29 is 30.6 Å². The number of pyridine rings is 2. The minimum atomic E-state index is -0.346. The van der Waals surface area contributed by atoms with Crippen molar-refractivity contribution in [3.05, 3.63) is 161 Å². The molecule has 0 spiro atoms. The van der Waals surface area contributed by atoms with Gasteiger partial charge in [0.05, 0.1) is 28.5 Å². The molecule has 0 bridgehead atoms. The number of aromatic hydroxyl groups is 1. The van der Waals surface area contributed by atoms with Gasteiger partial charge in [-0.1, -0.05) is 155 Å². The SMILES string of the molecule is Cc1cc(C)c(-n2c(-c3cc(C(C)(C)C)cc(C(C)(C)C)c3O)nc3c(-c4[c-]c5c6ncc(F)c7ccc8c9ccccc9n(c5c(C)c4)c8c76)cccc32)c(-c2ccccc2)c1.[Pt]. The second-order valence-corrected chi connectivity index (χ2v) is 19.5. The summed E-state index contributed by atoms with van der Waals surface area (Å²) in [5.74, 6) is 0.537. The zero-order valence-corrected chi connectivity index (χ0v) is 39.7. The largest absolute Gasteiger partial charge is 0.507 e. The maximum atomic E-state index is 15.7. The fraction of sp³-hybridized carbons (Fsp3) is 0.193. The van der Waals surface area contributed by atoms with E-state index in [0.717, 1.165) is 105 Å². The molecular weight excluding hydrogens is 971 g/mol. The molecule has 5 nitrogen and oxygen atoms in total. The number of para-hydroxylation sites is 2. The number of phenolic OH excluding ortho intramolecular Hbond substituents is 1. The summed E-state index contributed by atoms with van der Waals surface area (Å²) in [6.07, 6.45) is 1.34. The number of nitrogens with zero attached hydrogens (tertiary/aromatic N) is 4. The van der Waals surface area contributed by atoms with Crippen LogP contribution in [0.2, 0.25) is 0 Å². The monoisotopic (exact) mass is 1020 g/mol. The first kappa shape index (κ1) is 41.6. The van der Waals surface area contributed by atoms with Gasteiger partial charge in [-0.25, -0.2) is 9.37 Å². The van der Waals surface area contributed by atoms with Crippen molar-refractivity contribution in [1.29, 1.82) is 0 Å². The number of aryl methyl sites for hydroxylation is 3. The zero-order chi connectivity index (χ0) is 43.9. The first-order valence-corrected chi connectivity index (χ1v) is 21.8. The van der Waals surface area contributed by atoms with Gasteiger partial charge in [-0.15, -0.1) is 17.7 Å². The van der Waals surface area contributed by atoms with Gasteiger partial charge in [-0.05, 0) is 71.1 Å². The maximum Gasteiger partial charge on any atom is 0.148 e. The number of benzene rings is 7. The standard InChI is InChI=1S/C57H48FN4O.Pt/c1-31-24-32(2)51(41(25-31)34-16-11-10-12-17-34)62-47-21-15-19-37(49(47)60-55(62)43-28-36(56(4,5)6)29-44(54(43)63)57(7,8)9)35-26-33(3)52-42(27-35)50-48-40(45(58)30-59-50)23-22-39-38-18-13-14-20-46(38)61(52)53(39)48;/h10-26,28-30,63H,1-9H3;/q-1;. The van der Waals surface area contributed by atoms with Gasteiger partial charge in [0.25, 0.3) is 0 Å². The molecule has 7 heteroatoms. The van der Waals surface area contributed by atoms with Gasteiger partial charge < -0.3 is 9.51 Å². The van der Waals surface area contributed by atoms with Crippen LogP contribution < -0.4 is 0 Å². The molecule has 0 fully saturated rings. The van der Waals surface area contributed by atoms with Crippen molar-refractivity contribution in [2.45, 2.75) is 73.1 Å². The minimum absolute atomic E-state index is 0. The Morgan fingerprint density at radius 1 is 0.641 bits per heavy atom. The smallest absolute Gasteiger partial charge is 0.148 e. The molecule has 7 aromatic carbocycles. The number of hydrogen-bond donors (Lipinski definition) is 1. The van der Waals surface area contributed by atoms with Gasteiger partial charge >= 0.3 is 0 Å². The summed E-state index contributed by atoms with van der Waals surface area (Å²) in [4.78, 5) is 10.5. The van der Waals surface area contributed by atoms with E-state index in [9.17, 15) is 5.11 Å². The molecule has 320 valence electrons. The van der Waals surface area contributed by atoms with E-state index in [0.29, 0.717) is 22.3 Å². The van der Waals surface area contributed by atoms with Crippen molar-refractivity contribution in [3.8, 4) is 45.1 Å². The molecule has 4 heterocycles. The van der Waals surface area contributed by atoms with Gasteiger partial charge in [0, 0.05) is 70.3 Å². The molecule has 0 amide bonds. The van der Waals surface area contributed by atoms with E-state index < -0.39 is 0 Å². The van der Waals surface area contributed by atoms with Crippen molar-refractivity contribution in [2.75, 3.05) is 0 Å². The molecule has 4 aromatic heterocycles. The van der Waals surface area contributed by atoms with Gasteiger partial charge in [0.15, 0.2) is 0 Å². The third kappa shape index (κ3) is 6.13. The average molecular weight is 1020 g/mol. The fourth-order valence-electron chi connectivity index (χ4n) is 10.1. The van der Waals surface area contributed by atoms with Crippen LogP contribution in [-0.4, -0.2) is 24.0 Å². The van der Waals surface area contributed by atoms with Crippen LogP contribution in [0.15, 0.2) is 121 Å². The van der Waals surface area contributed by atoms with E-state index in [1.165, 1.54) is 6.20 Å². The summed E-state index contributed by atoms with van der Waals surface area (Å²) in [5, 5.41) is 16.8. The average Bonchev–Trinajstić information content (AvgIpc) is 3.79. The van der Waals surface area contributed by atoms with Crippen LogP contribution in [0.1, 0.15) is 69.4 Å². The van der Waals surface area contributed by atoms with Gasteiger partial charge in [-0.2, -0.15) is 0 Å². The molecule has 1 N–H and O–H groups in total. The van der Waals surface area contributed by atoms with Crippen molar-refractivity contribution in [3.63, 3.8) is 0 Å². The van der Waals surface area contributed by atoms with E-state index >= 15 is 4.39 Å². The molecule has 0 radical (unpaired) electrons.